The van der Waals surface area contributed by atoms with E-state index in [1.165, 1.54) is 31.4 Å². The minimum absolute atomic E-state index is 0.185. The molecule has 0 amide bonds. The number of rotatable bonds is 3. The quantitative estimate of drug-likeness (QED) is 0.571. The summed E-state index contributed by atoms with van der Waals surface area (Å²) in [5, 5.41) is 0. The summed E-state index contributed by atoms with van der Waals surface area (Å²) in [4.78, 5) is 0. The lowest BCUT2D eigenvalue weighted by molar-refractivity contribution is 0.232. The third kappa shape index (κ3) is 1.79. The van der Waals surface area contributed by atoms with Gasteiger partial charge in [-0.25, -0.2) is 4.39 Å². The molecule has 1 fully saturated rings. The van der Waals surface area contributed by atoms with Crippen molar-refractivity contribution in [2.45, 2.75) is 25.3 Å². The van der Waals surface area contributed by atoms with Crippen LogP contribution in [0.25, 0.3) is 0 Å². The van der Waals surface area contributed by atoms with Crippen molar-refractivity contribution < 1.29 is 4.39 Å². The number of halogens is 1. The number of hydrogen-bond acceptors (Lipinski definition) is 2. The summed E-state index contributed by atoms with van der Waals surface area (Å²) in [5.41, 5.74) is 3.90. The molecule has 0 bridgehead atoms. The zero-order valence-corrected chi connectivity index (χ0v) is 8.04. The van der Waals surface area contributed by atoms with Crippen molar-refractivity contribution in [3.05, 3.63) is 35.6 Å². The van der Waals surface area contributed by atoms with Crippen molar-refractivity contribution in [1.29, 1.82) is 0 Å². The van der Waals surface area contributed by atoms with Gasteiger partial charge in [0.25, 0.3) is 0 Å². The highest BCUT2D eigenvalue weighted by Gasteiger charge is 2.27. The third-order valence-electron chi connectivity index (χ3n) is 3.03. The molecule has 0 aromatic heterocycles. The summed E-state index contributed by atoms with van der Waals surface area (Å²) < 4.78 is 12.7. The third-order valence-corrected chi connectivity index (χ3v) is 3.03. The summed E-state index contributed by atoms with van der Waals surface area (Å²) in [7, 11) is 0. The molecule has 1 aromatic carbocycles. The first-order valence-corrected chi connectivity index (χ1v) is 5.03. The van der Waals surface area contributed by atoms with E-state index in [0.717, 1.165) is 5.56 Å². The zero-order valence-electron chi connectivity index (χ0n) is 8.04. The minimum atomic E-state index is -0.196. The molecule has 1 saturated carbocycles. The Bertz CT molecular complexity index is 293. The molecule has 2 rings (SSSR count). The summed E-state index contributed by atoms with van der Waals surface area (Å²) in [6, 6.07) is 6.76. The first kappa shape index (κ1) is 9.62. The van der Waals surface area contributed by atoms with Crippen LogP contribution in [-0.4, -0.2) is 0 Å². The van der Waals surface area contributed by atoms with Gasteiger partial charge in [-0.3, -0.25) is 11.3 Å². The normalized spacial score (nSPS) is 19.0. The van der Waals surface area contributed by atoms with Crippen LogP contribution in [0.2, 0.25) is 0 Å². The predicted molar refractivity (Wildman–Crippen MR) is 53.8 cm³/mol. The van der Waals surface area contributed by atoms with Gasteiger partial charge >= 0.3 is 0 Å². The van der Waals surface area contributed by atoms with E-state index in [1.54, 1.807) is 12.1 Å². The Morgan fingerprint density at radius 1 is 1.29 bits per heavy atom. The molecule has 1 aromatic rings. The molecule has 0 unspecified atom stereocenters. The summed E-state index contributed by atoms with van der Waals surface area (Å²) in [5.74, 6) is 5.93. The smallest absolute Gasteiger partial charge is 0.123 e. The lowest BCUT2D eigenvalue weighted by Crippen LogP contribution is -2.36. The van der Waals surface area contributed by atoms with Gasteiger partial charge in [0.15, 0.2) is 0 Å². The van der Waals surface area contributed by atoms with E-state index in [-0.39, 0.29) is 11.9 Å². The zero-order chi connectivity index (χ0) is 9.97. The van der Waals surface area contributed by atoms with Crippen LogP contribution in [0.1, 0.15) is 30.9 Å². The molecule has 3 N–H and O–H groups in total. The van der Waals surface area contributed by atoms with E-state index >= 15 is 0 Å². The van der Waals surface area contributed by atoms with Crippen LogP contribution in [0.5, 0.6) is 0 Å². The fraction of sp³-hybridized carbons (Fsp3) is 0.455. The van der Waals surface area contributed by atoms with Gasteiger partial charge in [0.1, 0.15) is 5.82 Å². The number of nitrogens with one attached hydrogen (secondary N) is 1. The second kappa shape index (κ2) is 4.07. The maximum absolute atomic E-state index is 12.7. The van der Waals surface area contributed by atoms with E-state index in [1.807, 2.05) is 0 Å². The first-order valence-electron chi connectivity index (χ1n) is 5.03. The summed E-state index contributed by atoms with van der Waals surface area (Å²) >= 11 is 0. The molecule has 1 aliphatic rings. The fourth-order valence-electron chi connectivity index (χ4n) is 1.95. The van der Waals surface area contributed by atoms with Gasteiger partial charge in [-0.15, -0.1) is 0 Å². The SMILES string of the molecule is NN[C@H](c1ccc(F)cc1)C1CCC1. The summed E-state index contributed by atoms with van der Waals surface area (Å²) in [6.45, 7) is 0. The summed E-state index contributed by atoms with van der Waals surface area (Å²) in [6.07, 6.45) is 3.71. The van der Waals surface area contributed by atoms with Crippen LogP contribution in [-0.2, 0) is 0 Å². The highest BCUT2D eigenvalue weighted by molar-refractivity contribution is 5.21. The molecule has 3 heteroatoms. The Hall–Kier alpha value is -0.930. The Labute approximate surface area is 83.3 Å². The molecule has 76 valence electrons. The number of hydrazine groups is 1. The molecule has 2 nitrogen and oxygen atoms in total. The number of hydrogen-bond donors (Lipinski definition) is 2. The molecule has 0 aliphatic heterocycles. The van der Waals surface area contributed by atoms with Crippen molar-refractivity contribution in [3.8, 4) is 0 Å². The molecule has 14 heavy (non-hydrogen) atoms. The van der Waals surface area contributed by atoms with E-state index in [9.17, 15) is 4.39 Å². The Morgan fingerprint density at radius 2 is 1.93 bits per heavy atom. The van der Waals surface area contributed by atoms with E-state index < -0.39 is 0 Å². The average molecular weight is 194 g/mol. The largest absolute Gasteiger partial charge is 0.271 e. The topological polar surface area (TPSA) is 38.0 Å². The van der Waals surface area contributed by atoms with Crippen LogP contribution >= 0.6 is 0 Å². The van der Waals surface area contributed by atoms with Gasteiger partial charge in [-0.1, -0.05) is 18.6 Å². The highest BCUT2D eigenvalue weighted by atomic mass is 19.1. The van der Waals surface area contributed by atoms with Crippen LogP contribution in [0, 0.1) is 11.7 Å². The molecule has 1 atom stereocenters. The molecule has 0 heterocycles. The minimum Gasteiger partial charge on any atom is -0.271 e. The standard InChI is InChI=1S/C11H15FN2/c12-10-6-4-9(5-7-10)11(14-13)8-2-1-3-8/h4-8,11,14H,1-3,13H2/t11-/m0/s1. The van der Waals surface area contributed by atoms with Crippen LogP contribution < -0.4 is 11.3 Å². The fourth-order valence-corrected chi connectivity index (χ4v) is 1.95. The molecular weight excluding hydrogens is 179 g/mol. The number of nitrogens with two attached hydrogens (primary N) is 1. The van der Waals surface area contributed by atoms with Gasteiger partial charge in [-0.2, -0.15) is 0 Å². The van der Waals surface area contributed by atoms with E-state index in [0.29, 0.717) is 5.92 Å². The molecule has 0 radical (unpaired) electrons. The van der Waals surface area contributed by atoms with Gasteiger partial charge in [0.05, 0.1) is 0 Å². The lowest BCUT2D eigenvalue weighted by atomic mass is 9.77. The van der Waals surface area contributed by atoms with Crippen molar-refractivity contribution in [2.75, 3.05) is 0 Å². The maximum atomic E-state index is 12.7. The monoisotopic (exact) mass is 194 g/mol. The number of benzene rings is 1. The average Bonchev–Trinajstić information content (AvgIpc) is 2.13. The van der Waals surface area contributed by atoms with Crippen LogP contribution in [0.4, 0.5) is 4.39 Å². The molecule has 0 spiro atoms. The van der Waals surface area contributed by atoms with Gasteiger partial charge in [0.2, 0.25) is 0 Å². The molecular formula is C11H15FN2. The maximum Gasteiger partial charge on any atom is 0.123 e. The van der Waals surface area contributed by atoms with E-state index in [4.69, 9.17) is 5.84 Å². The van der Waals surface area contributed by atoms with Crippen molar-refractivity contribution in [3.63, 3.8) is 0 Å². The lowest BCUT2D eigenvalue weighted by Gasteiger charge is -2.33. The highest BCUT2D eigenvalue weighted by Crippen LogP contribution is 2.37. The van der Waals surface area contributed by atoms with Crippen LogP contribution in [0.15, 0.2) is 24.3 Å². The van der Waals surface area contributed by atoms with Gasteiger partial charge in [-0.05, 0) is 36.5 Å². The van der Waals surface area contributed by atoms with Crippen LogP contribution in [0.3, 0.4) is 0 Å². The molecule has 1 aliphatic carbocycles. The first-order chi connectivity index (χ1) is 6.81. The van der Waals surface area contributed by atoms with Crippen molar-refractivity contribution in [1.82, 2.24) is 5.43 Å². The van der Waals surface area contributed by atoms with Crippen molar-refractivity contribution in [2.24, 2.45) is 11.8 Å². The predicted octanol–water partition coefficient (Wildman–Crippen LogP) is 2.13. The second-order valence-corrected chi connectivity index (χ2v) is 3.89. The second-order valence-electron chi connectivity index (χ2n) is 3.89. The van der Waals surface area contributed by atoms with E-state index in [2.05, 4.69) is 5.43 Å². The van der Waals surface area contributed by atoms with Gasteiger partial charge < -0.3 is 0 Å². The Kier molecular flexibility index (Phi) is 2.79. The van der Waals surface area contributed by atoms with Crippen molar-refractivity contribution >= 4 is 0 Å². The Morgan fingerprint density at radius 3 is 2.36 bits per heavy atom. The Balaban J connectivity index is 2.14. The molecule has 0 saturated heterocycles. The van der Waals surface area contributed by atoms with Gasteiger partial charge in [0, 0.05) is 6.04 Å².